The minimum Gasteiger partial charge on any atom is -0.380 e. The fourth-order valence-corrected chi connectivity index (χ4v) is 6.01. The van der Waals surface area contributed by atoms with Crippen LogP contribution in [-0.2, 0) is 5.60 Å². The zero-order chi connectivity index (χ0) is 21.5. The second-order valence-electron chi connectivity index (χ2n) is 9.56. The van der Waals surface area contributed by atoms with Crippen LogP contribution in [0.25, 0.3) is 0 Å². The highest BCUT2D eigenvalue weighted by Crippen LogP contribution is 2.52. The summed E-state index contributed by atoms with van der Waals surface area (Å²) in [6, 6.07) is 31.7. The van der Waals surface area contributed by atoms with E-state index in [-0.39, 0.29) is 6.17 Å². The van der Waals surface area contributed by atoms with Gasteiger partial charge in [0.05, 0.1) is 6.17 Å². The Hall–Kier alpha value is -2.62. The number of hydrogen-bond acceptors (Lipinski definition) is 3. The molecule has 3 aromatic carbocycles. The van der Waals surface area contributed by atoms with Crippen LogP contribution in [-0.4, -0.2) is 35.3 Å². The Morgan fingerprint density at radius 3 is 1.84 bits per heavy atom. The Bertz CT molecular complexity index is 963. The SMILES string of the molecule is CC(C)([C@H]1N(c2ccccc2)C[C@@H]2CCCN21)C(O)(c1ccccc1)c1ccccc1. The maximum atomic E-state index is 12.7. The second-order valence-corrected chi connectivity index (χ2v) is 9.56. The molecule has 0 bridgehead atoms. The maximum absolute atomic E-state index is 12.7. The minimum atomic E-state index is -1.13. The molecule has 160 valence electrons. The Kier molecular flexibility index (Phi) is 5.11. The van der Waals surface area contributed by atoms with Crippen LogP contribution in [0.15, 0.2) is 91.0 Å². The summed E-state index contributed by atoms with van der Waals surface area (Å²) in [7, 11) is 0. The van der Waals surface area contributed by atoms with Gasteiger partial charge in [-0.05, 0) is 36.1 Å². The Labute approximate surface area is 185 Å². The van der Waals surface area contributed by atoms with Crippen molar-refractivity contribution in [2.75, 3.05) is 18.0 Å². The van der Waals surface area contributed by atoms with E-state index in [1.165, 1.54) is 18.5 Å². The largest absolute Gasteiger partial charge is 0.380 e. The van der Waals surface area contributed by atoms with Crippen LogP contribution < -0.4 is 4.90 Å². The molecule has 2 heterocycles. The smallest absolute Gasteiger partial charge is 0.123 e. The highest BCUT2D eigenvalue weighted by Gasteiger charge is 2.58. The molecule has 0 amide bonds. The number of benzene rings is 3. The topological polar surface area (TPSA) is 26.7 Å². The highest BCUT2D eigenvalue weighted by atomic mass is 16.3. The summed E-state index contributed by atoms with van der Waals surface area (Å²) in [4.78, 5) is 5.17. The average Bonchev–Trinajstić information content (AvgIpc) is 3.41. The molecule has 3 aromatic rings. The van der Waals surface area contributed by atoms with Gasteiger partial charge in [-0.25, -0.2) is 0 Å². The molecule has 0 spiro atoms. The Morgan fingerprint density at radius 2 is 1.29 bits per heavy atom. The van der Waals surface area contributed by atoms with Gasteiger partial charge in [-0.2, -0.15) is 0 Å². The van der Waals surface area contributed by atoms with Crippen LogP contribution in [0.4, 0.5) is 5.69 Å². The lowest BCUT2D eigenvalue weighted by atomic mass is 9.64. The molecule has 2 aliphatic rings. The lowest BCUT2D eigenvalue weighted by Gasteiger charge is -2.52. The molecule has 2 fully saturated rings. The van der Waals surface area contributed by atoms with E-state index in [9.17, 15) is 5.11 Å². The van der Waals surface area contributed by atoms with Gasteiger partial charge in [0.2, 0.25) is 0 Å². The van der Waals surface area contributed by atoms with E-state index in [4.69, 9.17) is 0 Å². The molecule has 0 saturated carbocycles. The lowest BCUT2D eigenvalue weighted by Crippen LogP contribution is -2.59. The summed E-state index contributed by atoms with van der Waals surface area (Å²) in [6.07, 6.45) is 2.55. The summed E-state index contributed by atoms with van der Waals surface area (Å²) in [6.45, 7) is 6.59. The van der Waals surface area contributed by atoms with Gasteiger partial charge in [0, 0.05) is 30.2 Å². The van der Waals surface area contributed by atoms with Crippen molar-refractivity contribution in [2.24, 2.45) is 5.41 Å². The maximum Gasteiger partial charge on any atom is 0.123 e. The fraction of sp³-hybridized carbons (Fsp3) is 0.357. The fourth-order valence-electron chi connectivity index (χ4n) is 6.01. The van der Waals surface area contributed by atoms with E-state index in [1.807, 2.05) is 36.4 Å². The van der Waals surface area contributed by atoms with Crippen LogP contribution in [0.1, 0.15) is 37.8 Å². The number of fused-ring (bicyclic) bond motifs is 1. The van der Waals surface area contributed by atoms with Crippen LogP contribution in [0.3, 0.4) is 0 Å². The third kappa shape index (κ3) is 3.19. The van der Waals surface area contributed by atoms with Crippen molar-refractivity contribution >= 4 is 5.69 Å². The Morgan fingerprint density at radius 1 is 0.774 bits per heavy atom. The second kappa shape index (κ2) is 7.81. The minimum absolute atomic E-state index is 0.0906. The van der Waals surface area contributed by atoms with Gasteiger partial charge < -0.3 is 10.0 Å². The van der Waals surface area contributed by atoms with E-state index in [0.717, 1.165) is 24.2 Å². The zero-order valence-electron chi connectivity index (χ0n) is 18.5. The van der Waals surface area contributed by atoms with Crippen molar-refractivity contribution in [1.82, 2.24) is 4.90 Å². The summed E-state index contributed by atoms with van der Waals surface area (Å²) in [5, 5.41) is 12.7. The first kappa shape index (κ1) is 20.3. The number of hydrogen-bond donors (Lipinski definition) is 1. The first-order valence-corrected chi connectivity index (χ1v) is 11.4. The quantitative estimate of drug-likeness (QED) is 0.619. The zero-order valence-corrected chi connectivity index (χ0v) is 18.5. The van der Waals surface area contributed by atoms with E-state index in [0.29, 0.717) is 6.04 Å². The van der Waals surface area contributed by atoms with E-state index >= 15 is 0 Å². The molecule has 31 heavy (non-hydrogen) atoms. The number of anilines is 1. The van der Waals surface area contributed by atoms with Gasteiger partial charge in [-0.15, -0.1) is 0 Å². The van der Waals surface area contributed by atoms with Gasteiger partial charge in [0.15, 0.2) is 0 Å². The summed E-state index contributed by atoms with van der Waals surface area (Å²) in [5.41, 5.74) is 1.51. The molecular formula is C28H32N2O. The van der Waals surface area contributed by atoms with Crippen LogP contribution in [0.5, 0.6) is 0 Å². The average molecular weight is 413 g/mol. The monoisotopic (exact) mass is 412 g/mol. The van der Waals surface area contributed by atoms with Crippen LogP contribution >= 0.6 is 0 Å². The molecule has 2 aliphatic heterocycles. The highest BCUT2D eigenvalue weighted by molar-refractivity contribution is 5.51. The van der Waals surface area contributed by atoms with Gasteiger partial charge in [-0.3, -0.25) is 4.90 Å². The van der Waals surface area contributed by atoms with Gasteiger partial charge in [0.25, 0.3) is 0 Å². The lowest BCUT2D eigenvalue weighted by molar-refractivity contribution is -0.0779. The molecule has 0 unspecified atom stereocenters. The molecule has 0 aliphatic carbocycles. The molecule has 3 nitrogen and oxygen atoms in total. The van der Waals surface area contributed by atoms with Crippen molar-refractivity contribution in [2.45, 2.75) is 44.5 Å². The molecular weight excluding hydrogens is 380 g/mol. The van der Waals surface area contributed by atoms with E-state index in [1.54, 1.807) is 0 Å². The number of nitrogens with zero attached hydrogens (tertiary/aromatic N) is 2. The molecule has 0 aromatic heterocycles. The Balaban J connectivity index is 1.68. The molecule has 1 N–H and O–H groups in total. The molecule has 2 saturated heterocycles. The number of para-hydroxylation sites is 1. The first-order valence-electron chi connectivity index (χ1n) is 11.4. The number of rotatable bonds is 5. The van der Waals surface area contributed by atoms with Gasteiger partial charge >= 0.3 is 0 Å². The molecule has 3 heteroatoms. The van der Waals surface area contributed by atoms with Crippen molar-refractivity contribution < 1.29 is 5.11 Å². The third-order valence-corrected chi connectivity index (χ3v) is 7.49. The van der Waals surface area contributed by atoms with Gasteiger partial charge in [-0.1, -0.05) is 92.7 Å². The van der Waals surface area contributed by atoms with E-state index in [2.05, 4.69) is 78.2 Å². The summed E-state index contributed by atoms with van der Waals surface area (Å²) in [5.74, 6) is 0. The van der Waals surface area contributed by atoms with Crippen molar-refractivity contribution in [3.05, 3.63) is 102 Å². The molecule has 2 atom stereocenters. The summed E-state index contributed by atoms with van der Waals surface area (Å²) < 4.78 is 0. The van der Waals surface area contributed by atoms with Crippen molar-refractivity contribution in [3.8, 4) is 0 Å². The summed E-state index contributed by atoms with van der Waals surface area (Å²) >= 11 is 0. The van der Waals surface area contributed by atoms with Gasteiger partial charge in [0.1, 0.15) is 5.60 Å². The molecule has 0 radical (unpaired) electrons. The standard InChI is InChI=1S/C28H32N2O/c1-27(2,28(31,22-13-6-3-7-14-22)23-15-8-4-9-16-23)26-29-20-12-19-25(29)21-30(26)24-17-10-5-11-18-24/h3-11,13-18,25-26,31H,12,19-21H2,1-2H3/t25-,26+/m0/s1. The van der Waals surface area contributed by atoms with Crippen molar-refractivity contribution in [1.29, 1.82) is 0 Å². The van der Waals surface area contributed by atoms with E-state index < -0.39 is 11.0 Å². The normalized spacial score (nSPS) is 22.0. The molecule has 5 rings (SSSR count). The van der Waals surface area contributed by atoms with Crippen LogP contribution in [0.2, 0.25) is 0 Å². The third-order valence-electron chi connectivity index (χ3n) is 7.49. The van der Waals surface area contributed by atoms with Crippen molar-refractivity contribution in [3.63, 3.8) is 0 Å². The first-order chi connectivity index (χ1) is 15.0. The van der Waals surface area contributed by atoms with Crippen LogP contribution in [0, 0.1) is 5.41 Å². The number of aliphatic hydroxyl groups is 1. The predicted molar refractivity (Wildman–Crippen MR) is 127 cm³/mol. The predicted octanol–water partition coefficient (Wildman–Crippen LogP) is 5.26.